The van der Waals surface area contributed by atoms with Crippen LogP contribution in [0.1, 0.15) is 5.56 Å². The number of nitro groups is 1. The molecule has 0 aromatic heterocycles. The fraction of sp³-hybridized carbons (Fsp3) is 0.174. The molecule has 0 saturated carbocycles. The summed E-state index contributed by atoms with van der Waals surface area (Å²) in [6.45, 7) is 1.30. The second kappa shape index (κ2) is 10.2. The van der Waals surface area contributed by atoms with Gasteiger partial charge in [0.1, 0.15) is 11.5 Å². The summed E-state index contributed by atoms with van der Waals surface area (Å²) in [5, 5.41) is 16.8. The molecule has 10 nitrogen and oxygen atoms in total. The van der Waals surface area contributed by atoms with E-state index in [1.54, 1.807) is 30.3 Å². The molecule has 0 aliphatic carbocycles. The molecule has 0 radical (unpaired) electrons. The lowest BCUT2D eigenvalue weighted by atomic mass is 10.2. The molecule has 3 rings (SSSR count). The van der Waals surface area contributed by atoms with Crippen LogP contribution in [0.25, 0.3) is 0 Å². The number of nitro benzene ring substituents is 1. The van der Waals surface area contributed by atoms with E-state index in [0.717, 1.165) is 6.07 Å². The van der Waals surface area contributed by atoms with Crippen LogP contribution in [-0.4, -0.2) is 40.0 Å². The van der Waals surface area contributed by atoms with Crippen LogP contribution in [0.5, 0.6) is 11.5 Å². The minimum atomic E-state index is -4.18. The predicted octanol–water partition coefficient (Wildman–Crippen LogP) is 3.80. The van der Waals surface area contributed by atoms with Gasteiger partial charge in [0.2, 0.25) is 15.7 Å². The van der Waals surface area contributed by atoms with E-state index in [1.807, 2.05) is 0 Å². The molecule has 3 aromatic carbocycles. The minimum absolute atomic E-state index is 0.147. The van der Waals surface area contributed by atoms with Gasteiger partial charge in [-0.15, -0.1) is 0 Å². The molecular weight excluding hydrogens is 462 g/mol. The number of carbonyl (C=O) groups excluding carboxylic acids is 1. The van der Waals surface area contributed by atoms with Crippen LogP contribution in [0.2, 0.25) is 0 Å². The van der Waals surface area contributed by atoms with Crippen LogP contribution in [0.4, 0.5) is 17.1 Å². The first-order chi connectivity index (χ1) is 16.1. The molecule has 0 saturated heterocycles. The molecule has 0 fully saturated rings. The van der Waals surface area contributed by atoms with Crippen molar-refractivity contribution in [2.75, 3.05) is 31.4 Å². The Balaban J connectivity index is 1.88. The third-order valence-corrected chi connectivity index (χ3v) is 6.77. The highest BCUT2D eigenvalue weighted by atomic mass is 32.2. The molecule has 34 heavy (non-hydrogen) atoms. The molecule has 0 atom stereocenters. The summed E-state index contributed by atoms with van der Waals surface area (Å²) in [6.07, 6.45) is 0. The topological polar surface area (TPSA) is 137 Å². The van der Waals surface area contributed by atoms with Crippen molar-refractivity contribution in [1.29, 1.82) is 0 Å². The summed E-state index contributed by atoms with van der Waals surface area (Å²) in [5.74, 6) is 0.504. The van der Waals surface area contributed by atoms with E-state index in [0.29, 0.717) is 17.0 Å². The first-order valence-corrected chi connectivity index (χ1v) is 11.5. The maximum absolute atomic E-state index is 13.4. The number of benzene rings is 3. The van der Waals surface area contributed by atoms with Crippen molar-refractivity contribution in [3.63, 3.8) is 0 Å². The molecule has 0 aliphatic rings. The number of aryl methyl sites for hydroxylation is 1. The number of rotatable bonds is 9. The monoisotopic (exact) mass is 485 g/mol. The fourth-order valence-corrected chi connectivity index (χ4v) is 4.60. The Morgan fingerprint density at radius 1 is 0.971 bits per heavy atom. The van der Waals surface area contributed by atoms with Crippen LogP contribution in [0, 0.1) is 17.0 Å². The van der Waals surface area contributed by atoms with Crippen LogP contribution >= 0.6 is 0 Å². The third-order valence-electron chi connectivity index (χ3n) is 4.98. The Hall–Kier alpha value is -4.12. The highest BCUT2D eigenvalue weighted by Crippen LogP contribution is 2.33. The summed E-state index contributed by atoms with van der Waals surface area (Å²) < 4.78 is 37.0. The summed E-state index contributed by atoms with van der Waals surface area (Å²) in [5.41, 5.74) is 0.719. The highest BCUT2D eigenvalue weighted by Gasteiger charge is 2.25. The lowest BCUT2D eigenvalue weighted by Gasteiger charge is -2.14. The van der Waals surface area contributed by atoms with Gasteiger partial charge in [-0.2, -0.15) is 0 Å². The molecule has 178 valence electrons. The molecule has 2 N–H and O–H groups in total. The van der Waals surface area contributed by atoms with E-state index in [-0.39, 0.29) is 33.5 Å². The molecule has 11 heteroatoms. The van der Waals surface area contributed by atoms with E-state index in [2.05, 4.69) is 10.6 Å². The summed E-state index contributed by atoms with van der Waals surface area (Å²) in [4.78, 5) is 22.6. The second-order valence-electron chi connectivity index (χ2n) is 7.20. The van der Waals surface area contributed by atoms with Gasteiger partial charge in [-0.1, -0.05) is 6.07 Å². The largest absolute Gasteiger partial charge is 0.497 e. The Bertz CT molecular complexity index is 1320. The summed E-state index contributed by atoms with van der Waals surface area (Å²) >= 11 is 0. The van der Waals surface area contributed by atoms with Crippen molar-refractivity contribution in [2.45, 2.75) is 16.7 Å². The number of methoxy groups -OCH3 is 2. The van der Waals surface area contributed by atoms with Crippen molar-refractivity contribution < 1.29 is 27.6 Å². The first-order valence-electron chi connectivity index (χ1n) is 10.0. The maximum atomic E-state index is 13.4. The van der Waals surface area contributed by atoms with Gasteiger partial charge in [0.15, 0.2) is 0 Å². The second-order valence-corrected chi connectivity index (χ2v) is 9.12. The van der Waals surface area contributed by atoms with E-state index in [4.69, 9.17) is 9.47 Å². The van der Waals surface area contributed by atoms with E-state index >= 15 is 0 Å². The van der Waals surface area contributed by atoms with E-state index in [1.165, 1.54) is 45.4 Å². The molecule has 0 spiro atoms. The minimum Gasteiger partial charge on any atom is -0.497 e. The predicted molar refractivity (Wildman–Crippen MR) is 126 cm³/mol. The number of carbonyl (C=O) groups is 1. The number of amides is 1. The number of ether oxygens (including phenoxy) is 2. The molecular formula is C23H23N3O7S. The summed E-state index contributed by atoms with van der Waals surface area (Å²) in [7, 11) is -1.26. The quantitative estimate of drug-likeness (QED) is 0.345. The molecule has 0 aliphatic heterocycles. The van der Waals surface area contributed by atoms with Crippen molar-refractivity contribution >= 4 is 32.8 Å². The van der Waals surface area contributed by atoms with Crippen molar-refractivity contribution in [1.82, 2.24) is 0 Å². The van der Waals surface area contributed by atoms with Crippen LogP contribution in [0.15, 0.2) is 70.5 Å². The lowest BCUT2D eigenvalue weighted by Crippen LogP contribution is -2.22. The van der Waals surface area contributed by atoms with Gasteiger partial charge >= 0.3 is 0 Å². The zero-order valence-electron chi connectivity index (χ0n) is 18.7. The van der Waals surface area contributed by atoms with Gasteiger partial charge in [0, 0.05) is 23.4 Å². The highest BCUT2D eigenvalue weighted by molar-refractivity contribution is 7.91. The number of hydrogen-bond donors (Lipinski definition) is 2. The number of nitrogens with zero attached hydrogens (tertiary/aromatic N) is 1. The number of nitrogens with one attached hydrogen (secondary N) is 2. The number of hydrogen-bond acceptors (Lipinski definition) is 8. The first kappa shape index (κ1) is 24.5. The molecule has 0 unspecified atom stereocenters. The Morgan fingerprint density at radius 3 is 2.24 bits per heavy atom. The van der Waals surface area contributed by atoms with Gasteiger partial charge in [-0.25, -0.2) is 8.42 Å². The van der Waals surface area contributed by atoms with Crippen molar-refractivity contribution in [3.05, 3.63) is 76.3 Å². The Labute approximate surface area is 196 Å². The van der Waals surface area contributed by atoms with Gasteiger partial charge in [0.05, 0.1) is 41.2 Å². The summed E-state index contributed by atoms with van der Waals surface area (Å²) in [6, 6.07) is 14.7. The van der Waals surface area contributed by atoms with Crippen LogP contribution in [0.3, 0.4) is 0 Å². The van der Waals surface area contributed by atoms with Gasteiger partial charge in [-0.05, 0) is 49.4 Å². The average molecular weight is 486 g/mol. The normalized spacial score (nSPS) is 10.9. The zero-order valence-corrected chi connectivity index (χ0v) is 19.5. The van der Waals surface area contributed by atoms with Gasteiger partial charge in [0.25, 0.3) is 5.69 Å². The lowest BCUT2D eigenvalue weighted by molar-refractivity contribution is -0.385. The van der Waals surface area contributed by atoms with Gasteiger partial charge in [-0.3, -0.25) is 14.9 Å². The van der Waals surface area contributed by atoms with Crippen LogP contribution < -0.4 is 20.1 Å². The van der Waals surface area contributed by atoms with Gasteiger partial charge < -0.3 is 20.1 Å². The third kappa shape index (κ3) is 5.44. The van der Waals surface area contributed by atoms with Crippen molar-refractivity contribution in [2.24, 2.45) is 0 Å². The van der Waals surface area contributed by atoms with E-state index < -0.39 is 20.7 Å². The Kier molecular flexibility index (Phi) is 7.37. The van der Waals surface area contributed by atoms with E-state index in [9.17, 15) is 23.3 Å². The fourth-order valence-electron chi connectivity index (χ4n) is 3.13. The SMILES string of the molecule is COc1ccc(NC(=O)CNc2ccc(OC)cc2S(=O)(=O)c2ccc(C)c([N+](=O)[O-])c2)cc1. The van der Waals surface area contributed by atoms with Crippen molar-refractivity contribution in [3.8, 4) is 11.5 Å². The Morgan fingerprint density at radius 2 is 1.62 bits per heavy atom. The molecule has 0 heterocycles. The maximum Gasteiger partial charge on any atom is 0.273 e. The zero-order chi connectivity index (χ0) is 24.9. The molecule has 3 aromatic rings. The molecule has 1 amide bonds. The number of anilines is 2. The van der Waals surface area contributed by atoms with Crippen LogP contribution in [-0.2, 0) is 14.6 Å². The average Bonchev–Trinajstić information content (AvgIpc) is 2.83. The standard InChI is InChI=1S/C23H23N3O7S/c1-15-4-10-19(13-21(15)26(28)29)34(30,31)22-12-18(33-3)9-11-20(22)24-14-23(27)25-16-5-7-17(32-2)8-6-16/h4-13,24H,14H2,1-3H3,(H,25,27). The number of sulfone groups is 1. The molecule has 0 bridgehead atoms. The smallest absolute Gasteiger partial charge is 0.273 e.